The standard InChI is InChI=1S/C14H23N3O3.C13H21N3O4/c1-16-10-7-8-12(17(9-10)14(16)19)13(18)15-20-11-5-3-2-4-6-11;17-12(14-20-10-4-2-1-3-5-10)11-7-6-9-8-15(11)13(18)16(9)19/h10-12H,2-9H2,1H3,(H,15,18);9-11,19H,1-8H2,(H,14,17)/t10-,12+;9-,11+/m11/s1. The number of likely N-dealkylation sites (N-methyl/N-ethyl adjacent to an activating group) is 1. The summed E-state index contributed by atoms with van der Waals surface area (Å²) in [5.74, 6) is -0.449. The Balaban J connectivity index is 0.000000161. The Bertz CT molecular complexity index is 866. The van der Waals surface area contributed by atoms with Gasteiger partial charge in [-0.2, -0.15) is 0 Å². The first kappa shape index (κ1) is 28.9. The van der Waals surface area contributed by atoms with Crippen molar-refractivity contribution >= 4 is 23.9 Å². The summed E-state index contributed by atoms with van der Waals surface area (Å²) in [6, 6.07) is -1.32. The SMILES string of the molecule is CN1C(=O)N2C[C@H]1CC[C@H]2C(=O)NOC1CCCCC1.O=C(NOC1CCCCC1)[C@@H]1CC[C@@H]2CN1C(=O)N2O. The fourth-order valence-electron chi connectivity index (χ4n) is 6.82. The number of rotatable bonds is 6. The molecule has 6 aliphatic rings. The number of hydrogen-bond acceptors (Lipinski definition) is 7. The first-order valence-corrected chi connectivity index (χ1v) is 15.1. The number of nitrogens with one attached hydrogen (secondary N) is 2. The zero-order valence-electron chi connectivity index (χ0n) is 23.5. The van der Waals surface area contributed by atoms with Crippen molar-refractivity contribution in [2.75, 3.05) is 20.1 Å². The number of nitrogens with zero attached hydrogens (tertiary/aromatic N) is 4. The molecule has 4 heterocycles. The van der Waals surface area contributed by atoms with Crippen molar-refractivity contribution in [1.82, 2.24) is 30.7 Å². The van der Waals surface area contributed by atoms with E-state index < -0.39 is 12.1 Å². The van der Waals surface area contributed by atoms with Gasteiger partial charge in [0.05, 0.1) is 24.3 Å². The summed E-state index contributed by atoms with van der Waals surface area (Å²) in [4.78, 5) is 64.0. The van der Waals surface area contributed by atoms with E-state index in [2.05, 4.69) is 11.0 Å². The number of hydroxylamine groups is 4. The highest BCUT2D eigenvalue weighted by Crippen LogP contribution is 2.30. The monoisotopic (exact) mass is 564 g/mol. The van der Waals surface area contributed by atoms with E-state index in [9.17, 15) is 24.4 Å². The maximum atomic E-state index is 12.2. The van der Waals surface area contributed by atoms with Crippen molar-refractivity contribution in [2.24, 2.45) is 0 Å². The lowest BCUT2D eigenvalue weighted by Crippen LogP contribution is -2.50. The van der Waals surface area contributed by atoms with E-state index in [0.29, 0.717) is 25.9 Å². The molecule has 6 rings (SSSR count). The van der Waals surface area contributed by atoms with Crippen LogP contribution in [0.15, 0.2) is 0 Å². The van der Waals surface area contributed by atoms with Crippen LogP contribution in [0.5, 0.6) is 0 Å². The number of amides is 6. The van der Waals surface area contributed by atoms with Crippen LogP contribution >= 0.6 is 0 Å². The molecule has 6 fully saturated rings. The number of urea groups is 2. The molecule has 0 aromatic carbocycles. The number of carbonyl (C=O) groups is 4. The van der Waals surface area contributed by atoms with Crippen molar-refractivity contribution in [3.05, 3.63) is 0 Å². The van der Waals surface area contributed by atoms with E-state index in [-0.39, 0.29) is 48.2 Å². The fourth-order valence-corrected chi connectivity index (χ4v) is 6.82. The van der Waals surface area contributed by atoms with Crippen LogP contribution < -0.4 is 11.0 Å². The van der Waals surface area contributed by atoms with Crippen molar-refractivity contribution < 1.29 is 34.1 Å². The van der Waals surface area contributed by atoms with Crippen LogP contribution in [0.2, 0.25) is 0 Å². The molecule has 13 nitrogen and oxygen atoms in total. The van der Waals surface area contributed by atoms with Crippen molar-refractivity contribution in [2.45, 2.75) is 126 Å². The summed E-state index contributed by atoms with van der Waals surface area (Å²) in [5.41, 5.74) is 5.10. The molecule has 4 atom stereocenters. The first-order valence-electron chi connectivity index (χ1n) is 15.1. The number of piperidine rings is 2. The average Bonchev–Trinajstić information content (AvgIpc) is 3.35. The Kier molecular flexibility index (Phi) is 9.31. The number of hydrogen-bond donors (Lipinski definition) is 3. The molecular weight excluding hydrogens is 520 g/mol. The molecule has 3 N–H and O–H groups in total. The molecule has 0 spiro atoms. The minimum Gasteiger partial charge on any atom is -0.323 e. The summed E-state index contributed by atoms with van der Waals surface area (Å²) >= 11 is 0. The van der Waals surface area contributed by atoms with Gasteiger partial charge in [0.15, 0.2) is 0 Å². The Morgan fingerprint density at radius 1 is 0.675 bits per heavy atom. The Morgan fingerprint density at radius 2 is 1.12 bits per heavy atom. The summed E-state index contributed by atoms with van der Waals surface area (Å²) in [5, 5.41) is 10.3. The molecule has 6 amide bonds. The smallest absolute Gasteiger partial charge is 0.323 e. The zero-order chi connectivity index (χ0) is 28.2. The van der Waals surface area contributed by atoms with E-state index in [0.717, 1.165) is 56.4 Å². The molecule has 0 aromatic heterocycles. The summed E-state index contributed by atoms with van der Waals surface area (Å²) in [6.45, 7) is 1.08. The second-order valence-corrected chi connectivity index (χ2v) is 12.0. The van der Waals surface area contributed by atoms with Gasteiger partial charge in [-0.3, -0.25) is 24.5 Å². The molecule has 0 aromatic rings. The minimum atomic E-state index is -0.528. The normalized spacial score (nSPS) is 30.8. The Hall–Kier alpha value is -2.64. The molecule has 13 heteroatoms. The summed E-state index contributed by atoms with van der Waals surface area (Å²) in [7, 11) is 1.81. The number of carbonyl (C=O) groups excluding carboxylic acids is 4. The van der Waals surface area contributed by atoms with Crippen LogP contribution in [0.3, 0.4) is 0 Å². The van der Waals surface area contributed by atoms with Crippen LogP contribution in [0.1, 0.15) is 89.9 Å². The van der Waals surface area contributed by atoms with Gasteiger partial charge in [0, 0.05) is 20.1 Å². The zero-order valence-corrected chi connectivity index (χ0v) is 23.5. The van der Waals surface area contributed by atoms with Gasteiger partial charge in [-0.15, -0.1) is 0 Å². The highest BCUT2D eigenvalue weighted by Gasteiger charge is 2.47. The van der Waals surface area contributed by atoms with Gasteiger partial charge in [0.1, 0.15) is 12.1 Å². The van der Waals surface area contributed by atoms with E-state index in [1.807, 2.05) is 7.05 Å². The maximum Gasteiger partial charge on any atom is 0.344 e. The third kappa shape index (κ3) is 6.31. The van der Waals surface area contributed by atoms with Crippen molar-refractivity contribution in [3.63, 3.8) is 0 Å². The van der Waals surface area contributed by atoms with Crippen LogP contribution in [-0.2, 0) is 19.3 Å². The lowest BCUT2D eigenvalue weighted by molar-refractivity contribution is -0.145. The van der Waals surface area contributed by atoms with Crippen LogP contribution in [0.4, 0.5) is 9.59 Å². The van der Waals surface area contributed by atoms with Crippen molar-refractivity contribution in [3.8, 4) is 0 Å². The van der Waals surface area contributed by atoms with E-state index in [1.165, 1.54) is 30.6 Å². The predicted molar refractivity (Wildman–Crippen MR) is 141 cm³/mol. The second-order valence-electron chi connectivity index (χ2n) is 12.0. The van der Waals surface area contributed by atoms with E-state index in [4.69, 9.17) is 9.68 Å². The topological polar surface area (TPSA) is 144 Å². The Labute approximate surface area is 235 Å². The molecule has 224 valence electrons. The minimum absolute atomic E-state index is 0.0367. The fraction of sp³-hybridized carbons (Fsp3) is 0.852. The van der Waals surface area contributed by atoms with Crippen LogP contribution in [-0.4, -0.2) is 105 Å². The molecule has 0 unspecified atom stereocenters. The number of fused-ring (bicyclic) bond motifs is 4. The van der Waals surface area contributed by atoms with Gasteiger partial charge in [-0.05, 0) is 51.4 Å². The van der Waals surface area contributed by atoms with Gasteiger partial charge in [-0.1, -0.05) is 38.5 Å². The summed E-state index contributed by atoms with van der Waals surface area (Å²) < 4.78 is 0. The van der Waals surface area contributed by atoms with Crippen LogP contribution in [0, 0.1) is 0 Å². The second kappa shape index (κ2) is 12.9. The summed E-state index contributed by atoms with van der Waals surface area (Å²) in [6.07, 6.45) is 14.1. The van der Waals surface area contributed by atoms with Gasteiger partial charge >= 0.3 is 12.1 Å². The quantitative estimate of drug-likeness (QED) is 0.332. The van der Waals surface area contributed by atoms with Crippen molar-refractivity contribution in [1.29, 1.82) is 0 Å². The van der Waals surface area contributed by atoms with Gasteiger partial charge in [-0.25, -0.2) is 25.6 Å². The third-order valence-corrected chi connectivity index (χ3v) is 9.36. The molecule has 2 aliphatic carbocycles. The van der Waals surface area contributed by atoms with Gasteiger partial charge in [0.25, 0.3) is 11.8 Å². The molecule has 40 heavy (non-hydrogen) atoms. The molecule has 4 bridgehead atoms. The lowest BCUT2D eigenvalue weighted by atomic mass is 9.98. The molecule has 4 aliphatic heterocycles. The Morgan fingerprint density at radius 3 is 1.65 bits per heavy atom. The predicted octanol–water partition coefficient (Wildman–Crippen LogP) is 2.29. The van der Waals surface area contributed by atoms with Gasteiger partial charge < -0.3 is 14.7 Å². The highest BCUT2D eigenvalue weighted by atomic mass is 16.7. The molecular formula is C27H44N6O7. The van der Waals surface area contributed by atoms with Gasteiger partial charge in [0.2, 0.25) is 0 Å². The first-order chi connectivity index (χ1) is 19.3. The highest BCUT2D eigenvalue weighted by molar-refractivity contribution is 5.88. The average molecular weight is 565 g/mol. The molecule has 4 saturated heterocycles. The largest absolute Gasteiger partial charge is 0.344 e. The van der Waals surface area contributed by atoms with Crippen LogP contribution in [0.25, 0.3) is 0 Å². The lowest BCUT2D eigenvalue weighted by Gasteiger charge is -2.30. The maximum absolute atomic E-state index is 12.2. The van der Waals surface area contributed by atoms with E-state index in [1.54, 1.807) is 9.80 Å². The van der Waals surface area contributed by atoms with E-state index >= 15 is 0 Å². The third-order valence-electron chi connectivity index (χ3n) is 9.36. The molecule has 0 radical (unpaired) electrons. The molecule has 2 saturated carbocycles.